The molecule has 0 fully saturated rings. The number of hydrogen-bond acceptors (Lipinski definition) is 6. The molecule has 0 radical (unpaired) electrons. The second-order valence-corrected chi connectivity index (χ2v) is 6.81. The van der Waals surface area contributed by atoms with Crippen molar-refractivity contribution >= 4 is 11.7 Å². The molecule has 146 valence electrons. The summed E-state index contributed by atoms with van der Waals surface area (Å²) in [6.45, 7) is 4.79. The van der Waals surface area contributed by atoms with Crippen LogP contribution >= 0.6 is 0 Å². The molecule has 1 N–H and O–H groups in total. The Balaban J connectivity index is 1.92. The highest BCUT2D eigenvalue weighted by Gasteiger charge is 2.39. The molecule has 6 nitrogen and oxygen atoms in total. The molecule has 0 bridgehead atoms. The zero-order chi connectivity index (χ0) is 19.8. The van der Waals surface area contributed by atoms with Crippen LogP contribution in [0.1, 0.15) is 29.5 Å². The number of ether oxygens (including phenoxy) is 4. The predicted molar refractivity (Wildman–Crippen MR) is 105 cm³/mol. The van der Waals surface area contributed by atoms with Crippen molar-refractivity contribution in [1.82, 2.24) is 0 Å². The number of nitrogens with one attached hydrogen (secondary N) is 1. The molecule has 28 heavy (non-hydrogen) atoms. The molecule has 0 saturated carbocycles. The van der Waals surface area contributed by atoms with E-state index in [1.54, 1.807) is 14.2 Å². The minimum Gasteiger partial charge on any atom is -0.497 e. The van der Waals surface area contributed by atoms with Crippen molar-refractivity contribution < 1.29 is 23.7 Å². The van der Waals surface area contributed by atoms with Gasteiger partial charge in [-0.25, -0.2) is 4.79 Å². The largest absolute Gasteiger partial charge is 0.497 e. The molecule has 0 aromatic heterocycles. The summed E-state index contributed by atoms with van der Waals surface area (Å²) in [4.78, 5) is 12.6. The van der Waals surface area contributed by atoms with Gasteiger partial charge in [0.05, 0.1) is 32.1 Å². The summed E-state index contributed by atoms with van der Waals surface area (Å²) in [7, 11) is 3.23. The van der Waals surface area contributed by atoms with E-state index in [4.69, 9.17) is 18.9 Å². The van der Waals surface area contributed by atoms with Gasteiger partial charge >= 0.3 is 5.97 Å². The number of methoxy groups -OCH3 is 2. The number of carbonyl (C=O) groups excluding carboxylic acids is 1. The zero-order valence-electron chi connectivity index (χ0n) is 16.4. The van der Waals surface area contributed by atoms with Gasteiger partial charge in [0.2, 0.25) is 0 Å². The minimum atomic E-state index is -0.300. The molecule has 2 aromatic rings. The number of carbonyl (C=O) groups is 1. The molecule has 0 spiro atoms. The second kappa shape index (κ2) is 7.11. The first-order chi connectivity index (χ1) is 13.5. The van der Waals surface area contributed by atoms with Gasteiger partial charge in [0, 0.05) is 23.7 Å². The van der Waals surface area contributed by atoms with Crippen molar-refractivity contribution in [2.45, 2.75) is 19.8 Å². The van der Waals surface area contributed by atoms with E-state index in [0.29, 0.717) is 23.7 Å². The van der Waals surface area contributed by atoms with E-state index < -0.39 is 0 Å². The average Bonchev–Trinajstić information content (AvgIpc) is 3.07. The predicted octanol–water partition coefficient (Wildman–Crippen LogP) is 3.78. The van der Waals surface area contributed by atoms with Crippen LogP contribution in [-0.4, -0.2) is 33.4 Å². The summed E-state index contributed by atoms with van der Waals surface area (Å²) in [5.74, 6) is 1.59. The highest BCUT2D eigenvalue weighted by atomic mass is 16.5. The summed E-state index contributed by atoms with van der Waals surface area (Å²) >= 11 is 0. The monoisotopic (exact) mass is 381 g/mol. The standard InChI is InChI=1S/C22H23NO5/c1-5-27-19-10-17-16(6-12(19)2)20(21-18(23-17)11-28-22(21)24)13-7-14(25-3)9-15(8-13)26-4/h6-10,20,23H,5,11H2,1-4H3. The fourth-order valence-corrected chi connectivity index (χ4v) is 3.84. The number of cyclic esters (lactones) is 1. The fourth-order valence-electron chi connectivity index (χ4n) is 3.84. The zero-order valence-corrected chi connectivity index (χ0v) is 16.4. The SMILES string of the molecule is CCOc1cc2c(cc1C)C(c1cc(OC)cc(OC)c1)C1=C(COC1=O)N2. The number of benzene rings is 2. The lowest BCUT2D eigenvalue weighted by Gasteiger charge is -2.28. The van der Waals surface area contributed by atoms with Gasteiger partial charge in [-0.1, -0.05) is 0 Å². The van der Waals surface area contributed by atoms with Crippen LogP contribution in [0.4, 0.5) is 5.69 Å². The highest BCUT2D eigenvalue weighted by Crippen LogP contribution is 2.47. The molecule has 2 heterocycles. The van der Waals surface area contributed by atoms with Gasteiger partial charge in [0.15, 0.2) is 0 Å². The summed E-state index contributed by atoms with van der Waals surface area (Å²) in [6.07, 6.45) is 0. The summed E-state index contributed by atoms with van der Waals surface area (Å²) in [6, 6.07) is 9.75. The molecule has 2 aliphatic heterocycles. The van der Waals surface area contributed by atoms with E-state index in [-0.39, 0.29) is 18.5 Å². The molecule has 2 aliphatic rings. The molecule has 0 saturated heterocycles. The number of esters is 1. The lowest BCUT2D eigenvalue weighted by atomic mass is 9.80. The second-order valence-electron chi connectivity index (χ2n) is 6.81. The Hall–Kier alpha value is -3.15. The van der Waals surface area contributed by atoms with Crippen LogP contribution in [0.2, 0.25) is 0 Å². The van der Waals surface area contributed by atoms with Crippen LogP contribution in [0.5, 0.6) is 17.2 Å². The third-order valence-corrected chi connectivity index (χ3v) is 5.13. The Morgan fingerprint density at radius 2 is 1.82 bits per heavy atom. The molecule has 1 unspecified atom stereocenters. The Bertz CT molecular complexity index is 957. The smallest absolute Gasteiger partial charge is 0.337 e. The summed E-state index contributed by atoms with van der Waals surface area (Å²) in [5.41, 5.74) is 5.25. The third-order valence-electron chi connectivity index (χ3n) is 5.13. The fraction of sp³-hybridized carbons (Fsp3) is 0.318. The number of anilines is 1. The maximum Gasteiger partial charge on any atom is 0.337 e. The van der Waals surface area contributed by atoms with Gasteiger partial charge in [-0.2, -0.15) is 0 Å². The quantitative estimate of drug-likeness (QED) is 0.795. The summed E-state index contributed by atoms with van der Waals surface area (Å²) in [5, 5.41) is 3.36. The number of aryl methyl sites for hydroxylation is 1. The number of hydrogen-bond donors (Lipinski definition) is 1. The molecule has 1 atom stereocenters. The van der Waals surface area contributed by atoms with E-state index in [2.05, 4.69) is 11.4 Å². The van der Waals surface area contributed by atoms with E-state index in [9.17, 15) is 4.79 Å². The number of fused-ring (bicyclic) bond motifs is 1. The normalized spacial score (nSPS) is 17.4. The molecule has 6 heteroatoms. The van der Waals surface area contributed by atoms with Crippen molar-refractivity contribution in [2.24, 2.45) is 0 Å². The average molecular weight is 381 g/mol. The van der Waals surface area contributed by atoms with Crippen LogP contribution in [-0.2, 0) is 9.53 Å². The van der Waals surface area contributed by atoms with Gasteiger partial charge in [0.25, 0.3) is 0 Å². The van der Waals surface area contributed by atoms with Crippen LogP contribution in [0.3, 0.4) is 0 Å². The first-order valence-electron chi connectivity index (χ1n) is 9.23. The molecular formula is C22H23NO5. The first-order valence-corrected chi connectivity index (χ1v) is 9.23. The summed E-state index contributed by atoms with van der Waals surface area (Å²) < 4.78 is 22.0. The maximum atomic E-state index is 12.6. The molecule has 2 aromatic carbocycles. The van der Waals surface area contributed by atoms with Crippen LogP contribution in [0, 0.1) is 6.92 Å². The Labute approximate surface area is 164 Å². The Morgan fingerprint density at radius 3 is 2.46 bits per heavy atom. The lowest BCUT2D eigenvalue weighted by Crippen LogP contribution is -2.20. The van der Waals surface area contributed by atoms with Crippen LogP contribution in [0.25, 0.3) is 0 Å². The minimum absolute atomic E-state index is 0.239. The molecule has 0 aliphatic carbocycles. The van der Waals surface area contributed by atoms with Crippen molar-refractivity contribution in [3.8, 4) is 17.2 Å². The maximum absolute atomic E-state index is 12.6. The number of rotatable bonds is 5. The van der Waals surface area contributed by atoms with Gasteiger partial charge in [-0.3, -0.25) is 0 Å². The third kappa shape index (κ3) is 2.95. The Kier molecular flexibility index (Phi) is 4.63. The molecule has 0 amide bonds. The first kappa shape index (κ1) is 18.2. The highest BCUT2D eigenvalue weighted by molar-refractivity contribution is 5.97. The van der Waals surface area contributed by atoms with Gasteiger partial charge in [-0.05, 0) is 48.7 Å². The van der Waals surface area contributed by atoms with Gasteiger partial charge in [0.1, 0.15) is 23.9 Å². The van der Waals surface area contributed by atoms with Crippen molar-refractivity contribution in [3.05, 3.63) is 58.3 Å². The topological polar surface area (TPSA) is 66.0 Å². The van der Waals surface area contributed by atoms with Gasteiger partial charge < -0.3 is 24.3 Å². The van der Waals surface area contributed by atoms with Crippen molar-refractivity contribution in [3.63, 3.8) is 0 Å². The van der Waals surface area contributed by atoms with Crippen molar-refractivity contribution in [1.29, 1.82) is 0 Å². The van der Waals surface area contributed by atoms with Gasteiger partial charge in [-0.15, -0.1) is 0 Å². The van der Waals surface area contributed by atoms with E-state index in [1.165, 1.54) is 0 Å². The molecule has 4 rings (SSSR count). The van der Waals surface area contributed by atoms with E-state index >= 15 is 0 Å². The van der Waals surface area contributed by atoms with E-state index in [0.717, 1.165) is 33.8 Å². The van der Waals surface area contributed by atoms with E-state index in [1.807, 2.05) is 38.1 Å². The Morgan fingerprint density at radius 1 is 1.11 bits per heavy atom. The van der Waals surface area contributed by atoms with Crippen LogP contribution in [0.15, 0.2) is 41.6 Å². The van der Waals surface area contributed by atoms with Crippen molar-refractivity contribution in [2.75, 3.05) is 32.8 Å². The lowest BCUT2D eigenvalue weighted by molar-refractivity contribution is -0.136. The molecular weight excluding hydrogens is 358 g/mol. The van der Waals surface area contributed by atoms with Crippen LogP contribution < -0.4 is 19.5 Å².